The molecular formula is C22H17ClF2N4O2S. The van der Waals surface area contributed by atoms with Gasteiger partial charge >= 0.3 is 0 Å². The van der Waals surface area contributed by atoms with Crippen LogP contribution in [0.4, 0.5) is 14.5 Å². The van der Waals surface area contributed by atoms with Crippen molar-refractivity contribution in [2.75, 3.05) is 4.31 Å². The first kappa shape index (κ1) is 21.9. The molecule has 0 aliphatic carbocycles. The van der Waals surface area contributed by atoms with Gasteiger partial charge in [0.1, 0.15) is 24.3 Å². The molecule has 4 aromatic rings. The van der Waals surface area contributed by atoms with Gasteiger partial charge in [-0.1, -0.05) is 35.9 Å². The average molecular weight is 475 g/mol. The van der Waals surface area contributed by atoms with Crippen molar-refractivity contribution in [2.24, 2.45) is 0 Å². The van der Waals surface area contributed by atoms with Gasteiger partial charge in [0.25, 0.3) is 10.0 Å². The predicted octanol–water partition coefficient (Wildman–Crippen LogP) is 4.65. The first-order valence-corrected chi connectivity index (χ1v) is 11.3. The van der Waals surface area contributed by atoms with Crippen molar-refractivity contribution in [3.05, 3.63) is 107 Å². The highest BCUT2D eigenvalue weighted by atomic mass is 35.5. The molecule has 0 aliphatic heterocycles. The fourth-order valence-electron chi connectivity index (χ4n) is 3.22. The largest absolute Gasteiger partial charge is 0.264 e. The quantitative estimate of drug-likeness (QED) is 0.391. The fraction of sp³-hybridized carbons (Fsp3) is 0.0909. The molecule has 0 saturated carbocycles. The third-order valence-electron chi connectivity index (χ3n) is 4.81. The maximum absolute atomic E-state index is 14.7. The van der Waals surface area contributed by atoms with E-state index < -0.39 is 27.3 Å². The third kappa shape index (κ3) is 4.63. The van der Waals surface area contributed by atoms with E-state index in [1.807, 2.05) is 6.07 Å². The number of halogens is 3. The van der Waals surface area contributed by atoms with Crippen LogP contribution in [0.2, 0.25) is 5.02 Å². The summed E-state index contributed by atoms with van der Waals surface area (Å²) >= 11 is 5.89. The van der Waals surface area contributed by atoms with E-state index >= 15 is 0 Å². The van der Waals surface area contributed by atoms with Crippen molar-refractivity contribution in [3.63, 3.8) is 0 Å². The van der Waals surface area contributed by atoms with E-state index in [-0.39, 0.29) is 11.4 Å². The molecule has 4 rings (SSSR count). The summed E-state index contributed by atoms with van der Waals surface area (Å²) in [4.78, 5) is 3.81. The van der Waals surface area contributed by atoms with Crippen molar-refractivity contribution in [3.8, 4) is 0 Å². The summed E-state index contributed by atoms with van der Waals surface area (Å²) in [6, 6.07) is 15.3. The predicted molar refractivity (Wildman–Crippen MR) is 117 cm³/mol. The number of hydrogen-bond acceptors (Lipinski definition) is 4. The summed E-state index contributed by atoms with van der Waals surface area (Å²) in [5, 5.41) is 4.42. The van der Waals surface area contributed by atoms with Crippen molar-refractivity contribution in [2.45, 2.75) is 18.0 Å². The first-order chi connectivity index (χ1) is 15.3. The van der Waals surface area contributed by atoms with Crippen LogP contribution in [-0.4, -0.2) is 23.2 Å². The molecule has 0 spiro atoms. The minimum atomic E-state index is -4.25. The van der Waals surface area contributed by atoms with Crippen LogP contribution in [0.25, 0.3) is 0 Å². The first-order valence-electron chi connectivity index (χ1n) is 9.47. The SMILES string of the molecule is O=S(=O)(c1ccc(Cl)cc1)N(Cc1ccccc1Cn1cncn1)c1cc(F)ccc1F. The van der Waals surface area contributed by atoms with Gasteiger partial charge in [0.05, 0.1) is 23.7 Å². The molecule has 3 aromatic carbocycles. The van der Waals surface area contributed by atoms with Crippen LogP contribution in [-0.2, 0) is 23.1 Å². The van der Waals surface area contributed by atoms with E-state index in [2.05, 4.69) is 10.1 Å². The molecule has 0 atom stereocenters. The lowest BCUT2D eigenvalue weighted by Crippen LogP contribution is -2.32. The number of nitrogens with zero attached hydrogens (tertiary/aromatic N) is 4. The second kappa shape index (κ2) is 9.05. The Morgan fingerprint density at radius 3 is 2.38 bits per heavy atom. The molecule has 0 fully saturated rings. The van der Waals surface area contributed by atoms with Gasteiger partial charge in [-0.15, -0.1) is 0 Å². The maximum Gasteiger partial charge on any atom is 0.264 e. The Hall–Kier alpha value is -3.30. The Bertz CT molecular complexity index is 1330. The van der Waals surface area contributed by atoms with E-state index in [4.69, 9.17) is 11.6 Å². The molecule has 0 aliphatic rings. The van der Waals surface area contributed by atoms with Crippen molar-refractivity contribution in [1.82, 2.24) is 14.8 Å². The molecule has 164 valence electrons. The van der Waals surface area contributed by atoms with Crippen LogP contribution in [0, 0.1) is 11.6 Å². The zero-order valence-corrected chi connectivity index (χ0v) is 18.1. The number of sulfonamides is 1. The van der Waals surface area contributed by atoms with Crippen LogP contribution in [0.1, 0.15) is 11.1 Å². The zero-order chi connectivity index (χ0) is 22.7. The van der Waals surface area contributed by atoms with Gasteiger partial charge in [0.2, 0.25) is 0 Å². The van der Waals surface area contributed by atoms with Crippen molar-refractivity contribution < 1.29 is 17.2 Å². The summed E-state index contributed by atoms with van der Waals surface area (Å²) in [5.41, 5.74) is 0.964. The van der Waals surface area contributed by atoms with Gasteiger partial charge in [-0.2, -0.15) is 5.10 Å². The molecular weight excluding hydrogens is 458 g/mol. The standard InChI is InChI=1S/C22H17ClF2N4O2S/c23-18-5-8-20(9-6-18)32(30,31)29(22-11-19(24)7-10-21(22)25)13-17-4-2-1-3-16(17)12-28-15-26-14-27-28/h1-11,14-15H,12-13H2. The number of rotatable bonds is 7. The maximum atomic E-state index is 14.7. The van der Waals surface area contributed by atoms with Gasteiger partial charge in [-0.05, 0) is 47.5 Å². The summed E-state index contributed by atoms with van der Waals surface area (Å²) in [6.07, 6.45) is 2.92. The highest BCUT2D eigenvalue weighted by molar-refractivity contribution is 7.92. The summed E-state index contributed by atoms with van der Waals surface area (Å²) < 4.78 is 58.2. The summed E-state index contributed by atoms with van der Waals surface area (Å²) in [6.45, 7) is 0.104. The topological polar surface area (TPSA) is 68.1 Å². The van der Waals surface area contributed by atoms with Crippen LogP contribution < -0.4 is 4.31 Å². The molecule has 0 saturated heterocycles. The molecule has 32 heavy (non-hydrogen) atoms. The minimum Gasteiger partial charge on any atom is -0.259 e. The molecule has 10 heteroatoms. The second-order valence-corrected chi connectivity index (χ2v) is 9.22. The lowest BCUT2D eigenvalue weighted by molar-refractivity contribution is 0.579. The van der Waals surface area contributed by atoms with Gasteiger partial charge in [0.15, 0.2) is 0 Å². The van der Waals surface area contributed by atoms with Crippen LogP contribution in [0.15, 0.2) is 84.3 Å². The Morgan fingerprint density at radius 2 is 1.69 bits per heavy atom. The van der Waals surface area contributed by atoms with Gasteiger partial charge in [-0.3, -0.25) is 4.31 Å². The van der Waals surface area contributed by atoms with E-state index in [9.17, 15) is 17.2 Å². The van der Waals surface area contributed by atoms with E-state index in [1.54, 1.807) is 22.9 Å². The smallest absolute Gasteiger partial charge is 0.259 e. The van der Waals surface area contributed by atoms with Crippen LogP contribution >= 0.6 is 11.6 Å². The number of aromatic nitrogens is 3. The normalized spacial score (nSPS) is 11.5. The molecule has 1 aromatic heterocycles. The van der Waals surface area contributed by atoms with E-state index in [0.29, 0.717) is 17.1 Å². The Kier molecular flexibility index (Phi) is 6.20. The van der Waals surface area contributed by atoms with Gasteiger partial charge < -0.3 is 0 Å². The lowest BCUT2D eigenvalue weighted by Gasteiger charge is -2.26. The third-order valence-corrected chi connectivity index (χ3v) is 6.84. The Labute approximate surface area is 188 Å². The van der Waals surface area contributed by atoms with Crippen LogP contribution in [0.5, 0.6) is 0 Å². The zero-order valence-electron chi connectivity index (χ0n) is 16.6. The highest BCUT2D eigenvalue weighted by Crippen LogP contribution is 2.30. The molecule has 0 radical (unpaired) electrons. The average Bonchev–Trinajstić information content (AvgIpc) is 3.28. The molecule has 0 N–H and O–H groups in total. The van der Waals surface area contributed by atoms with Gasteiger partial charge in [-0.25, -0.2) is 26.9 Å². The van der Waals surface area contributed by atoms with Crippen LogP contribution in [0.3, 0.4) is 0 Å². The lowest BCUT2D eigenvalue weighted by atomic mass is 10.1. The van der Waals surface area contributed by atoms with Gasteiger partial charge in [0, 0.05) is 11.1 Å². The Morgan fingerprint density at radius 1 is 0.969 bits per heavy atom. The fourth-order valence-corrected chi connectivity index (χ4v) is 4.79. The molecule has 0 amide bonds. The number of anilines is 1. The van der Waals surface area contributed by atoms with E-state index in [0.717, 1.165) is 28.1 Å². The molecule has 0 unspecified atom stereocenters. The molecule has 1 heterocycles. The second-order valence-electron chi connectivity index (χ2n) is 6.92. The highest BCUT2D eigenvalue weighted by Gasteiger charge is 2.28. The minimum absolute atomic E-state index is 0.0979. The molecule has 0 bridgehead atoms. The number of hydrogen-bond donors (Lipinski definition) is 0. The monoisotopic (exact) mass is 474 g/mol. The summed E-state index contributed by atoms with van der Waals surface area (Å²) in [5.74, 6) is -1.62. The molecule has 6 nitrogen and oxygen atoms in total. The van der Waals surface area contributed by atoms with Crippen molar-refractivity contribution in [1.29, 1.82) is 0 Å². The summed E-state index contributed by atoms with van der Waals surface area (Å²) in [7, 11) is -4.25. The Balaban J connectivity index is 1.81. The van der Waals surface area contributed by atoms with Crippen molar-refractivity contribution >= 4 is 27.3 Å². The number of benzene rings is 3. The van der Waals surface area contributed by atoms with E-state index in [1.165, 1.54) is 36.9 Å².